The molecule has 3 N–H and O–H groups in total. The van der Waals surface area contributed by atoms with Gasteiger partial charge >= 0.3 is 6.03 Å². The maximum Gasteiger partial charge on any atom is 0.321 e. The summed E-state index contributed by atoms with van der Waals surface area (Å²) >= 11 is 0. The van der Waals surface area contributed by atoms with E-state index in [4.69, 9.17) is 5.73 Å². The maximum atomic E-state index is 12.1. The number of carbonyl (C=O) groups excluding carboxylic acids is 1. The number of amides is 2. The zero-order valence-corrected chi connectivity index (χ0v) is 11.8. The number of nitrogens with two attached hydrogens (primary N) is 1. The molecule has 1 aliphatic rings. The minimum absolute atomic E-state index is 0.00183. The van der Waals surface area contributed by atoms with Gasteiger partial charge in [-0.2, -0.15) is 0 Å². The highest BCUT2D eigenvalue weighted by Crippen LogP contribution is 2.37. The molecule has 1 fully saturated rings. The van der Waals surface area contributed by atoms with Crippen molar-refractivity contribution in [3.05, 3.63) is 29.8 Å². The second-order valence-electron chi connectivity index (χ2n) is 5.39. The molecule has 0 spiro atoms. The molecule has 1 aromatic carbocycles. The lowest BCUT2D eigenvalue weighted by molar-refractivity contribution is 0.0300. The first kappa shape index (κ1) is 13.9. The Balaban J connectivity index is 1.88. The molecule has 2 rings (SSSR count). The second kappa shape index (κ2) is 5.61. The van der Waals surface area contributed by atoms with Crippen LogP contribution >= 0.6 is 0 Å². The van der Waals surface area contributed by atoms with Gasteiger partial charge in [-0.3, -0.25) is 0 Å². The molecule has 0 aliphatic carbocycles. The van der Waals surface area contributed by atoms with E-state index in [1.807, 2.05) is 29.2 Å². The summed E-state index contributed by atoms with van der Waals surface area (Å²) in [6.45, 7) is 6.66. The Hall–Kier alpha value is -1.55. The van der Waals surface area contributed by atoms with Crippen molar-refractivity contribution in [3.8, 4) is 0 Å². The molecule has 1 saturated heterocycles. The molecule has 1 aromatic rings. The number of rotatable bonds is 4. The predicted molar refractivity (Wildman–Crippen MR) is 77.9 cm³/mol. The van der Waals surface area contributed by atoms with Crippen LogP contribution in [-0.4, -0.2) is 24.0 Å². The lowest BCUT2D eigenvalue weighted by Gasteiger charge is -2.49. The molecule has 104 valence electrons. The van der Waals surface area contributed by atoms with Crippen LogP contribution in [0.1, 0.15) is 32.3 Å². The topological polar surface area (TPSA) is 58.4 Å². The van der Waals surface area contributed by atoms with Crippen LogP contribution in [0.15, 0.2) is 24.3 Å². The molecule has 0 unspecified atom stereocenters. The predicted octanol–water partition coefficient (Wildman–Crippen LogP) is 2.80. The molecule has 0 bridgehead atoms. The lowest BCUT2D eigenvalue weighted by atomic mass is 9.75. The van der Waals surface area contributed by atoms with E-state index in [0.29, 0.717) is 12.0 Å². The van der Waals surface area contributed by atoms with Crippen molar-refractivity contribution in [2.75, 3.05) is 18.4 Å². The summed E-state index contributed by atoms with van der Waals surface area (Å²) in [5.74, 6) is 0. The maximum absolute atomic E-state index is 12.1. The summed E-state index contributed by atoms with van der Waals surface area (Å²) in [5, 5.41) is 2.93. The average molecular weight is 261 g/mol. The van der Waals surface area contributed by atoms with Crippen molar-refractivity contribution in [1.29, 1.82) is 0 Å². The van der Waals surface area contributed by atoms with Crippen LogP contribution in [0.3, 0.4) is 0 Å². The van der Waals surface area contributed by atoms with Crippen molar-refractivity contribution < 1.29 is 4.79 Å². The minimum atomic E-state index is -0.00183. The van der Waals surface area contributed by atoms with E-state index in [9.17, 15) is 4.79 Å². The first-order valence-electron chi connectivity index (χ1n) is 6.97. The van der Waals surface area contributed by atoms with E-state index in [1.165, 1.54) is 0 Å². The van der Waals surface area contributed by atoms with Gasteiger partial charge in [-0.05, 0) is 30.5 Å². The molecule has 2 amide bonds. The Morgan fingerprint density at radius 2 is 1.84 bits per heavy atom. The molecule has 0 aromatic heterocycles. The van der Waals surface area contributed by atoms with Crippen LogP contribution in [0, 0.1) is 5.41 Å². The summed E-state index contributed by atoms with van der Waals surface area (Å²) in [7, 11) is 0. The number of benzene rings is 1. The van der Waals surface area contributed by atoms with Gasteiger partial charge in [-0.25, -0.2) is 4.79 Å². The molecule has 19 heavy (non-hydrogen) atoms. The van der Waals surface area contributed by atoms with E-state index in [-0.39, 0.29) is 6.03 Å². The number of nitrogens with one attached hydrogen (secondary N) is 1. The zero-order valence-electron chi connectivity index (χ0n) is 11.8. The molecule has 4 nitrogen and oxygen atoms in total. The third kappa shape index (κ3) is 2.89. The summed E-state index contributed by atoms with van der Waals surface area (Å²) < 4.78 is 0. The summed E-state index contributed by atoms with van der Waals surface area (Å²) in [5.41, 5.74) is 7.79. The smallest absolute Gasteiger partial charge is 0.321 e. The molecule has 4 heteroatoms. The van der Waals surface area contributed by atoms with Crippen molar-refractivity contribution in [3.63, 3.8) is 0 Å². The first-order valence-corrected chi connectivity index (χ1v) is 6.97. The average Bonchev–Trinajstić information content (AvgIpc) is 2.39. The molecule has 0 saturated carbocycles. The summed E-state index contributed by atoms with van der Waals surface area (Å²) in [6.07, 6.45) is 2.27. The monoisotopic (exact) mass is 261 g/mol. The van der Waals surface area contributed by atoms with Crippen molar-refractivity contribution in [2.45, 2.75) is 33.2 Å². The van der Waals surface area contributed by atoms with Crippen LogP contribution < -0.4 is 11.1 Å². The van der Waals surface area contributed by atoms with E-state index < -0.39 is 0 Å². The minimum Gasteiger partial charge on any atom is -0.326 e. The highest BCUT2D eigenvalue weighted by Gasteiger charge is 2.42. The highest BCUT2D eigenvalue weighted by molar-refractivity contribution is 5.90. The summed E-state index contributed by atoms with van der Waals surface area (Å²) in [4.78, 5) is 13.9. The first-order chi connectivity index (χ1) is 9.12. The number of carbonyl (C=O) groups is 1. The van der Waals surface area contributed by atoms with Gasteiger partial charge in [0.1, 0.15) is 0 Å². The molecule has 0 radical (unpaired) electrons. The van der Waals surface area contributed by atoms with Gasteiger partial charge in [-0.15, -0.1) is 0 Å². The van der Waals surface area contributed by atoms with Crippen LogP contribution in [0.4, 0.5) is 10.5 Å². The van der Waals surface area contributed by atoms with Crippen molar-refractivity contribution in [1.82, 2.24) is 4.90 Å². The Bertz CT molecular complexity index is 429. The van der Waals surface area contributed by atoms with Gasteiger partial charge in [0.25, 0.3) is 0 Å². The fourth-order valence-corrected chi connectivity index (χ4v) is 2.53. The second-order valence-corrected chi connectivity index (χ2v) is 5.39. The normalized spacial score (nSPS) is 16.9. The van der Waals surface area contributed by atoms with Crippen LogP contribution in [0.25, 0.3) is 0 Å². The third-order valence-electron chi connectivity index (χ3n) is 4.28. The fraction of sp³-hybridized carbons (Fsp3) is 0.533. The lowest BCUT2D eigenvalue weighted by Crippen LogP contribution is -2.59. The van der Waals surface area contributed by atoms with E-state index in [0.717, 1.165) is 37.2 Å². The van der Waals surface area contributed by atoms with E-state index >= 15 is 0 Å². The standard InChI is InChI=1S/C15H23N3O/c1-3-15(4-2)10-18(11-15)14(19)17-13-7-5-12(9-16)6-8-13/h5-8H,3-4,9-11,16H2,1-2H3,(H,17,19). The fourth-order valence-electron chi connectivity index (χ4n) is 2.53. The molecule has 1 heterocycles. The number of nitrogens with zero attached hydrogens (tertiary/aromatic N) is 1. The van der Waals surface area contributed by atoms with Crippen LogP contribution in [0.2, 0.25) is 0 Å². The number of anilines is 1. The number of hydrogen-bond donors (Lipinski definition) is 2. The number of hydrogen-bond acceptors (Lipinski definition) is 2. The van der Waals surface area contributed by atoms with Gasteiger partial charge < -0.3 is 16.0 Å². The van der Waals surface area contributed by atoms with Gasteiger partial charge in [0.05, 0.1) is 0 Å². The van der Waals surface area contributed by atoms with Gasteiger partial charge in [0, 0.05) is 30.7 Å². The third-order valence-corrected chi connectivity index (χ3v) is 4.28. The number of likely N-dealkylation sites (tertiary alicyclic amines) is 1. The van der Waals surface area contributed by atoms with Crippen LogP contribution in [-0.2, 0) is 6.54 Å². The Morgan fingerprint density at radius 1 is 1.26 bits per heavy atom. The summed E-state index contributed by atoms with van der Waals surface area (Å²) in [6, 6.07) is 7.67. The van der Waals surface area contributed by atoms with Crippen molar-refractivity contribution in [2.24, 2.45) is 11.1 Å². The van der Waals surface area contributed by atoms with Gasteiger partial charge in [-0.1, -0.05) is 26.0 Å². The SMILES string of the molecule is CCC1(CC)CN(C(=O)Nc2ccc(CN)cc2)C1. The van der Waals surface area contributed by atoms with Gasteiger partial charge in [0.2, 0.25) is 0 Å². The molecular formula is C15H23N3O. The Kier molecular flexibility index (Phi) is 4.10. The Labute approximate surface area is 115 Å². The molecule has 1 aliphatic heterocycles. The molecular weight excluding hydrogens is 238 g/mol. The highest BCUT2D eigenvalue weighted by atomic mass is 16.2. The largest absolute Gasteiger partial charge is 0.326 e. The van der Waals surface area contributed by atoms with Crippen molar-refractivity contribution >= 4 is 11.7 Å². The van der Waals surface area contributed by atoms with Crippen LogP contribution in [0.5, 0.6) is 0 Å². The quantitative estimate of drug-likeness (QED) is 0.875. The van der Waals surface area contributed by atoms with E-state index in [2.05, 4.69) is 19.2 Å². The molecule has 0 atom stereocenters. The van der Waals surface area contributed by atoms with Gasteiger partial charge in [0.15, 0.2) is 0 Å². The number of urea groups is 1. The zero-order chi connectivity index (χ0) is 13.9. The van der Waals surface area contributed by atoms with E-state index in [1.54, 1.807) is 0 Å². The Morgan fingerprint density at radius 3 is 2.32 bits per heavy atom.